The van der Waals surface area contributed by atoms with Crippen LogP contribution in [0.4, 0.5) is 0 Å². The third kappa shape index (κ3) is 10.6. The average Bonchev–Trinajstić information content (AvgIpc) is 1.35. The second-order valence-corrected chi connectivity index (χ2v) is 32.8. The van der Waals surface area contributed by atoms with Crippen molar-refractivity contribution in [2.75, 3.05) is 0 Å². The van der Waals surface area contributed by atoms with Crippen LogP contribution in [0.3, 0.4) is 0 Å². The maximum absolute atomic E-state index is 13.2. The summed E-state index contributed by atoms with van der Waals surface area (Å²) in [6.45, 7) is 27.5. The van der Waals surface area contributed by atoms with Crippen molar-refractivity contribution < 1.29 is 0 Å². The fourth-order valence-corrected chi connectivity index (χ4v) is 16.3. The lowest BCUT2D eigenvalue weighted by Crippen LogP contribution is -2.12. The van der Waals surface area contributed by atoms with Crippen LogP contribution < -0.4 is 0 Å². The van der Waals surface area contributed by atoms with Gasteiger partial charge < -0.3 is 18.3 Å². The van der Waals surface area contributed by atoms with Gasteiger partial charge in [0, 0.05) is 76.7 Å². The third-order valence-electron chi connectivity index (χ3n) is 21.9. The first kappa shape index (κ1) is 65.6. The highest BCUT2D eigenvalue weighted by atomic mass is 15.1. The van der Waals surface area contributed by atoms with E-state index in [1.54, 1.807) is 0 Å². The highest BCUT2D eigenvalue weighted by Crippen LogP contribution is 2.53. The molecule has 8 heteroatoms. The molecule has 0 spiro atoms. The lowest BCUT2D eigenvalue weighted by molar-refractivity contribution is 0.590. The number of nitriles is 1. The molecule has 18 aromatic rings. The number of aromatic nitrogens is 7. The van der Waals surface area contributed by atoms with Crippen molar-refractivity contribution >= 4 is 87.2 Å². The first-order chi connectivity index (χ1) is 51.1. The molecule has 0 aliphatic rings. The molecule has 0 atom stereocenters. The zero-order chi connectivity index (χ0) is 72.9. The lowest BCUT2D eigenvalue weighted by Gasteiger charge is -2.27. The molecule has 0 N–H and O–H groups in total. The molecule has 5 heterocycles. The number of benzene rings is 13. The van der Waals surface area contributed by atoms with E-state index >= 15 is 0 Å². The maximum Gasteiger partial charge on any atom is 0.166 e. The van der Waals surface area contributed by atoms with Gasteiger partial charge in [-0.3, -0.25) is 0 Å². The summed E-state index contributed by atoms with van der Waals surface area (Å²) < 4.78 is 9.61. The van der Waals surface area contributed by atoms with Crippen LogP contribution in [0.15, 0.2) is 279 Å². The topological polar surface area (TPSA) is 82.2 Å². The Labute approximate surface area is 618 Å². The van der Waals surface area contributed by atoms with Gasteiger partial charge in [-0.05, 0) is 152 Å². The minimum Gasteiger partial charge on any atom is -0.309 e. The van der Waals surface area contributed by atoms with Crippen LogP contribution in [0, 0.1) is 11.3 Å². The van der Waals surface area contributed by atoms with Crippen molar-refractivity contribution in [1.29, 1.82) is 5.26 Å². The second-order valence-electron chi connectivity index (χ2n) is 32.8. The van der Waals surface area contributed by atoms with E-state index in [-0.39, 0.29) is 21.7 Å². The van der Waals surface area contributed by atoms with Crippen LogP contribution in [0.25, 0.3) is 166 Å². The van der Waals surface area contributed by atoms with Crippen LogP contribution >= 0.6 is 0 Å². The Morgan fingerprint density at radius 2 is 0.528 bits per heavy atom. The lowest BCUT2D eigenvalue weighted by atomic mass is 9.85. The Morgan fingerprint density at radius 1 is 0.245 bits per heavy atom. The van der Waals surface area contributed by atoms with E-state index in [4.69, 9.17) is 15.0 Å². The van der Waals surface area contributed by atoms with Gasteiger partial charge in [-0.1, -0.05) is 265 Å². The Morgan fingerprint density at radius 3 is 0.849 bits per heavy atom. The number of para-hydroxylation sites is 4. The van der Waals surface area contributed by atoms with Gasteiger partial charge in [-0.25, -0.2) is 15.0 Å². The number of nitrogens with zero attached hydrogens (tertiary/aromatic N) is 8. The fourth-order valence-electron chi connectivity index (χ4n) is 16.3. The van der Waals surface area contributed by atoms with Crippen molar-refractivity contribution in [1.82, 2.24) is 33.2 Å². The Balaban J connectivity index is 1.02. The zero-order valence-electron chi connectivity index (χ0n) is 62.1. The summed E-state index contributed by atoms with van der Waals surface area (Å²) in [5, 5.41) is 22.3. The minimum absolute atomic E-state index is 0.0648. The van der Waals surface area contributed by atoms with Gasteiger partial charge in [0.2, 0.25) is 0 Å². The van der Waals surface area contributed by atoms with Gasteiger partial charge in [-0.15, -0.1) is 0 Å². The number of rotatable bonds is 9. The van der Waals surface area contributed by atoms with Crippen molar-refractivity contribution in [2.45, 2.75) is 105 Å². The molecule has 0 bridgehead atoms. The van der Waals surface area contributed by atoms with Crippen LogP contribution in [0.1, 0.15) is 111 Å². The smallest absolute Gasteiger partial charge is 0.166 e. The van der Waals surface area contributed by atoms with Gasteiger partial charge in [-0.2, -0.15) is 5.26 Å². The van der Waals surface area contributed by atoms with E-state index < -0.39 is 0 Å². The summed E-state index contributed by atoms with van der Waals surface area (Å²) in [5.74, 6) is 1.41. The quantitative estimate of drug-likeness (QED) is 0.144. The van der Waals surface area contributed by atoms with E-state index in [1.165, 1.54) is 43.8 Å². The average molecular weight is 1370 g/mol. The largest absolute Gasteiger partial charge is 0.309 e. The van der Waals surface area contributed by atoms with Gasteiger partial charge in [0.05, 0.1) is 66.6 Å². The molecule has 0 unspecified atom stereocenters. The molecule has 0 radical (unpaired) electrons. The summed E-state index contributed by atoms with van der Waals surface area (Å²) in [6, 6.07) is 104. The third-order valence-corrected chi connectivity index (χ3v) is 21.9. The van der Waals surface area contributed by atoms with Crippen LogP contribution in [0.2, 0.25) is 0 Å². The molecule has 8 nitrogen and oxygen atoms in total. The molecular weight excluding hydrogens is 1290 g/mol. The van der Waals surface area contributed by atoms with Gasteiger partial charge in [0.25, 0.3) is 0 Å². The highest BCUT2D eigenvalue weighted by molar-refractivity contribution is 6.16. The van der Waals surface area contributed by atoms with Crippen LogP contribution in [-0.4, -0.2) is 33.2 Å². The Hall–Kier alpha value is -12.4. The second kappa shape index (κ2) is 24.3. The first-order valence-corrected chi connectivity index (χ1v) is 37.0. The molecule has 0 aliphatic carbocycles. The Kier molecular flexibility index (Phi) is 15.1. The normalized spacial score (nSPS) is 12.5. The van der Waals surface area contributed by atoms with Crippen molar-refractivity contribution in [3.8, 4) is 85.2 Å². The predicted octanol–water partition coefficient (Wildman–Crippen LogP) is 25.7. The summed E-state index contributed by atoms with van der Waals surface area (Å²) in [7, 11) is 0. The molecule has 0 saturated heterocycles. The molecular formula is C98H82N8. The Bertz CT molecular complexity index is 6330. The van der Waals surface area contributed by atoms with Crippen molar-refractivity contribution in [3.05, 3.63) is 307 Å². The molecule has 0 fully saturated rings. The molecule has 106 heavy (non-hydrogen) atoms. The van der Waals surface area contributed by atoms with E-state index in [0.29, 0.717) is 34.3 Å². The standard InChI is InChI=1S/C98H82N8/c1-95(2,3)64-43-51-83-74(55-64)75-56-65(96(4,5)6)44-52-84(75)103(83)68-47-39-60(40-48-68)87-78(59-99)90(105-79-35-23-19-31-70(79)71-32-20-24-36-80(71)105)89(94-101-92(62-27-15-13-16-28-62)100-93(102-94)63-29-17-14-18-30-63)88(91(87)106-81-37-25-21-33-72(81)73-34-22-26-38-82(73)106)61-41-49-69(50-42-61)104-85-53-45-66(97(7,8)9)57-76(85)77-58-67(98(10,11)12)46-54-86(77)104/h13-58H,1-12H3. The molecule has 0 amide bonds. The summed E-state index contributed by atoms with van der Waals surface area (Å²) in [4.78, 5) is 16.9. The van der Waals surface area contributed by atoms with E-state index in [2.05, 4.69) is 350 Å². The van der Waals surface area contributed by atoms with E-state index in [1.807, 2.05) is 36.4 Å². The highest BCUT2D eigenvalue weighted by Gasteiger charge is 2.35. The van der Waals surface area contributed by atoms with Crippen molar-refractivity contribution in [2.24, 2.45) is 0 Å². The number of hydrogen-bond acceptors (Lipinski definition) is 4. The summed E-state index contributed by atoms with van der Waals surface area (Å²) in [5.41, 5.74) is 22.8. The zero-order valence-corrected chi connectivity index (χ0v) is 62.1. The molecule has 13 aromatic carbocycles. The fraction of sp³-hybridized carbons (Fsp3) is 0.163. The van der Waals surface area contributed by atoms with Crippen LogP contribution in [-0.2, 0) is 21.7 Å². The van der Waals surface area contributed by atoms with Gasteiger partial charge in [0.1, 0.15) is 6.07 Å². The van der Waals surface area contributed by atoms with E-state index in [0.717, 1.165) is 116 Å². The SMILES string of the molecule is CC(C)(C)c1ccc2c(c1)c1cc(C(C)(C)C)ccc1n2-c1ccc(-c2c(C#N)c(-n3c4ccccc4c4ccccc43)c(-c3nc(-c4ccccc4)nc(-c4ccccc4)n3)c(-c3ccc(-n4c5ccc(C(C)(C)C)cc5c5cc(C(C)(C)C)ccc54)cc3)c2-n2c3ccccc3c3ccccc32)cc1. The number of hydrogen-bond donors (Lipinski definition) is 0. The molecule has 0 aliphatic heterocycles. The first-order valence-electron chi connectivity index (χ1n) is 37.0. The monoisotopic (exact) mass is 1370 g/mol. The van der Waals surface area contributed by atoms with Gasteiger partial charge >= 0.3 is 0 Å². The maximum atomic E-state index is 13.2. The molecule has 514 valence electrons. The summed E-state index contributed by atoms with van der Waals surface area (Å²) in [6.07, 6.45) is 0. The summed E-state index contributed by atoms with van der Waals surface area (Å²) >= 11 is 0. The predicted molar refractivity (Wildman–Crippen MR) is 444 cm³/mol. The minimum atomic E-state index is -0.0696. The molecule has 0 saturated carbocycles. The van der Waals surface area contributed by atoms with Gasteiger partial charge in [0.15, 0.2) is 17.5 Å². The number of fused-ring (bicyclic) bond motifs is 12. The molecule has 5 aromatic heterocycles. The van der Waals surface area contributed by atoms with E-state index in [9.17, 15) is 5.26 Å². The van der Waals surface area contributed by atoms with Crippen LogP contribution in [0.5, 0.6) is 0 Å². The van der Waals surface area contributed by atoms with Crippen molar-refractivity contribution in [3.63, 3.8) is 0 Å². The molecule has 18 rings (SSSR count).